The largest absolute Gasteiger partial charge is 0.456 e. The lowest BCUT2D eigenvalue weighted by Gasteiger charge is -2.51. The van der Waals surface area contributed by atoms with Crippen LogP contribution in [-0.4, -0.2) is 15.0 Å². The molecule has 0 bridgehead atoms. The van der Waals surface area contributed by atoms with Crippen molar-refractivity contribution in [3.63, 3.8) is 0 Å². The maximum Gasteiger partial charge on any atom is 0.164 e. The summed E-state index contributed by atoms with van der Waals surface area (Å²) in [6.07, 6.45) is 12.8. The van der Waals surface area contributed by atoms with Gasteiger partial charge in [0, 0.05) is 27.5 Å². The van der Waals surface area contributed by atoms with Crippen LogP contribution in [0.1, 0.15) is 59.6 Å². The molecule has 4 nitrogen and oxygen atoms in total. The van der Waals surface area contributed by atoms with Crippen molar-refractivity contribution in [2.75, 3.05) is 0 Å². The van der Waals surface area contributed by atoms with Gasteiger partial charge >= 0.3 is 0 Å². The van der Waals surface area contributed by atoms with E-state index in [0.717, 1.165) is 58.1 Å². The molecule has 5 aliphatic carbocycles. The number of nitrogens with zero attached hydrogens (tertiary/aromatic N) is 3. The Morgan fingerprint density at radius 1 is 0.471 bits per heavy atom. The average Bonchev–Trinajstić information content (AvgIpc) is 4.06. The zero-order valence-electron chi connectivity index (χ0n) is 38.7. The van der Waals surface area contributed by atoms with Crippen LogP contribution in [0.2, 0.25) is 0 Å². The molecule has 1 unspecified atom stereocenters. The molecule has 2 aromatic heterocycles. The molecule has 1 atom stereocenters. The number of fused-ring (bicyclic) bond motifs is 18. The minimum Gasteiger partial charge on any atom is -0.456 e. The second-order valence-corrected chi connectivity index (χ2v) is 19.7. The molecule has 0 N–H and O–H groups in total. The highest BCUT2D eigenvalue weighted by molar-refractivity contribution is 6.16. The van der Waals surface area contributed by atoms with Crippen molar-refractivity contribution >= 4 is 21.9 Å². The quantitative estimate of drug-likeness (QED) is 0.177. The van der Waals surface area contributed by atoms with E-state index in [0.29, 0.717) is 23.4 Å². The molecule has 0 fully saturated rings. The van der Waals surface area contributed by atoms with Gasteiger partial charge in [0.1, 0.15) is 11.2 Å². The second-order valence-electron chi connectivity index (χ2n) is 19.7. The Kier molecular flexibility index (Phi) is 8.34. The van der Waals surface area contributed by atoms with Gasteiger partial charge in [-0.05, 0) is 121 Å². The Bertz CT molecular complexity index is 3890. The lowest BCUT2D eigenvalue weighted by Crippen LogP contribution is -2.45. The molecule has 0 aliphatic heterocycles. The van der Waals surface area contributed by atoms with Gasteiger partial charge in [0.15, 0.2) is 17.5 Å². The van der Waals surface area contributed by atoms with Crippen molar-refractivity contribution in [1.29, 1.82) is 0 Å². The summed E-state index contributed by atoms with van der Waals surface area (Å²) in [5, 5.41) is 2.30. The molecule has 0 saturated carbocycles. The highest BCUT2D eigenvalue weighted by atomic mass is 16.3. The third kappa shape index (κ3) is 5.23. The predicted molar refractivity (Wildman–Crippen MR) is 282 cm³/mol. The molecule has 5 aliphatic rings. The number of furan rings is 1. The van der Waals surface area contributed by atoms with Crippen LogP contribution in [0, 0.1) is 5.92 Å². The van der Waals surface area contributed by atoms with Crippen LogP contribution in [0.15, 0.2) is 239 Å². The fraction of sp³-hybridized carbons (Fsp3) is 0.106. The van der Waals surface area contributed by atoms with Crippen molar-refractivity contribution in [3.8, 4) is 56.4 Å². The Morgan fingerprint density at radius 3 is 1.76 bits per heavy atom. The van der Waals surface area contributed by atoms with E-state index in [1.165, 1.54) is 66.6 Å². The summed E-state index contributed by atoms with van der Waals surface area (Å²) in [4.78, 5) is 15.4. The smallest absolute Gasteiger partial charge is 0.164 e. The van der Waals surface area contributed by atoms with Crippen molar-refractivity contribution in [1.82, 2.24) is 15.0 Å². The first-order valence-corrected chi connectivity index (χ1v) is 24.7. The Labute approximate surface area is 406 Å². The molecule has 4 heteroatoms. The SMILES string of the molecule is CC1C=CC2=C(C1)C1(C3=C2C=CCC3)c2ccccc2C2(c3ccccc31)c1ccc3oc4ccccc4c3c1-c1cccc(-c3cccc(-c4nc(-c5ccccc5)nc(-c5ccccc5)n4)c3)c12. The van der Waals surface area contributed by atoms with E-state index < -0.39 is 10.8 Å². The van der Waals surface area contributed by atoms with E-state index >= 15 is 0 Å². The first-order valence-electron chi connectivity index (χ1n) is 24.7. The third-order valence-electron chi connectivity index (χ3n) is 16.1. The van der Waals surface area contributed by atoms with E-state index in [9.17, 15) is 0 Å². The minimum absolute atomic E-state index is 0.400. The number of rotatable bonds is 4. The average molecular weight is 896 g/mol. The van der Waals surface area contributed by atoms with Gasteiger partial charge in [-0.1, -0.05) is 201 Å². The summed E-state index contributed by atoms with van der Waals surface area (Å²) >= 11 is 0. The number of hydrogen-bond acceptors (Lipinski definition) is 4. The number of para-hydroxylation sites is 1. The molecular weight excluding hydrogens is 851 g/mol. The molecule has 0 amide bonds. The summed E-state index contributed by atoms with van der Waals surface area (Å²) in [5.41, 5.74) is 22.3. The van der Waals surface area contributed by atoms with Crippen LogP contribution in [-0.2, 0) is 10.8 Å². The summed E-state index contributed by atoms with van der Waals surface area (Å²) in [6.45, 7) is 2.38. The highest BCUT2D eigenvalue weighted by Crippen LogP contribution is 2.70. The molecular formula is C66H45N3O. The van der Waals surface area contributed by atoms with Gasteiger partial charge in [-0.15, -0.1) is 0 Å². The van der Waals surface area contributed by atoms with Gasteiger partial charge in [0.25, 0.3) is 0 Å². The maximum atomic E-state index is 6.73. The van der Waals surface area contributed by atoms with Gasteiger partial charge in [-0.25, -0.2) is 15.0 Å². The van der Waals surface area contributed by atoms with Crippen molar-refractivity contribution in [2.24, 2.45) is 5.92 Å². The fourth-order valence-electron chi connectivity index (χ4n) is 13.4. The number of aromatic nitrogens is 3. The monoisotopic (exact) mass is 895 g/mol. The number of allylic oxidation sites excluding steroid dienone is 8. The van der Waals surface area contributed by atoms with Crippen LogP contribution in [0.4, 0.5) is 0 Å². The van der Waals surface area contributed by atoms with Gasteiger partial charge in [0.05, 0.1) is 10.8 Å². The number of benzene rings is 8. The zero-order chi connectivity index (χ0) is 46.1. The summed E-state index contributed by atoms with van der Waals surface area (Å²) < 4.78 is 6.73. The zero-order valence-corrected chi connectivity index (χ0v) is 38.7. The van der Waals surface area contributed by atoms with E-state index in [-0.39, 0.29) is 0 Å². The summed E-state index contributed by atoms with van der Waals surface area (Å²) in [6, 6.07) is 68.5. The molecule has 0 radical (unpaired) electrons. The highest BCUT2D eigenvalue weighted by Gasteiger charge is 2.60. The van der Waals surface area contributed by atoms with Crippen molar-refractivity contribution < 1.29 is 4.42 Å². The van der Waals surface area contributed by atoms with Gasteiger partial charge in [-0.3, -0.25) is 0 Å². The van der Waals surface area contributed by atoms with Crippen molar-refractivity contribution in [3.05, 3.63) is 268 Å². The van der Waals surface area contributed by atoms with Gasteiger partial charge in [0.2, 0.25) is 0 Å². The van der Waals surface area contributed by atoms with Crippen LogP contribution in [0.25, 0.3) is 78.4 Å². The topological polar surface area (TPSA) is 51.8 Å². The van der Waals surface area contributed by atoms with Crippen LogP contribution < -0.4 is 0 Å². The van der Waals surface area contributed by atoms with Crippen molar-refractivity contribution in [2.45, 2.75) is 37.0 Å². The standard InChI is InChI=1S/C66H45N3O/c1-40-34-35-47-46-24-8-10-28-50(46)65(56(47)38-40)51-29-11-13-31-53(51)66(54-32-14-12-30-52(54)65)55-36-37-58-60(48-25-9-15-33-57(48)70-58)59(55)49-27-17-26-45(61(49)66)43-22-16-23-44(39-43)64-68-62(41-18-4-2-5-19-41)67-63(69-64)42-20-6-3-7-21-42/h2-9,11-27,29-37,39-40H,10,28,38H2,1H3. The summed E-state index contributed by atoms with van der Waals surface area (Å²) in [5.74, 6) is 2.35. The van der Waals surface area contributed by atoms with E-state index in [1.807, 2.05) is 36.4 Å². The molecule has 2 heterocycles. The third-order valence-corrected chi connectivity index (χ3v) is 16.1. The molecule has 70 heavy (non-hydrogen) atoms. The Balaban J connectivity index is 1.04. The lowest BCUT2D eigenvalue weighted by molar-refractivity contribution is 0.551. The normalized spacial score (nSPS) is 20.2. The maximum absolute atomic E-state index is 6.73. The Hall–Kier alpha value is -8.47. The second kappa shape index (κ2) is 14.8. The van der Waals surface area contributed by atoms with Gasteiger partial charge in [-0.2, -0.15) is 0 Å². The van der Waals surface area contributed by atoms with Crippen LogP contribution in [0.3, 0.4) is 0 Å². The molecule has 0 saturated heterocycles. The molecule has 2 spiro atoms. The first kappa shape index (κ1) is 39.5. The van der Waals surface area contributed by atoms with E-state index in [2.05, 4.69) is 183 Å². The molecule has 15 rings (SSSR count). The molecule has 330 valence electrons. The molecule has 10 aromatic rings. The predicted octanol–water partition coefficient (Wildman–Crippen LogP) is 16.0. The van der Waals surface area contributed by atoms with Crippen LogP contribution in [0.5, 0.6) is 0 Å². The minimum atomic E-state index is -0.693. The summed E-state index contributed by atoms with van der Waals surface area (Å²) in [7, 11) is 0. The number of hydrogen-bond donors (Lipinski definition) is 0. The lowest BCUT2D eigenvalue weighted by atomic mass is 9.50. The van der Waals surface area contributed by atoms with Gasteiger partial charge < -0.3 is 4.42 Å². The first-order chi connectivity index (χ1) is 34.6. The fourth-order valence-corrected chi connectivity index (χ4v) is 13.4. The van der Waals surface area contributed by atoms with E-state index in [4.69, 9.17) is 19.4 Å². The van der Waals surface area contributed by atoms with E-state index in [1.54, 1.807) is 11.1 Å². The van der Waals surface area contributed by atoms with Crippen LogP contribution >= 0.6 is 0 Å². The Morgan fingerprint density at radius 2 is 1.04 bits per heavy atom. The molecule has 8 aromatic carbocycles.